The van der Waals surface area contributed by atoms with E-state index in [0.717, 1.165) is 26.2 Å². The first kappa shape index (κ1) is 13.7. The molecule has 0 aromatic heterocycles. The van der Waals surface area contributed by atoms with Gasteiger partial charge in [0, 0.05) is 26.2 Å². The Labute approximate surface area is 91.6 Å². The SMILES string of the molecule is CCOC(=O)CN1CCN(C)CC1.Cl. The maximum atomic E-state index is 11.1. The van der Waals surface area contributed by atoms with Gasteiger partial charge in [0.15, 0.2) is 0 Å². The molecule has 0 saturated carbocycles. The molecular formula is C9H19ClN2O2. The fourth-order valence-electron chi connectivity index (χ4n) is 1.40. The number of hydrogen-bond donors (Lipinski definition) is 0. The Hall–Kier alpha value is -0.320. The molecule has 4 nitrogen and oxygen atoms in total. The summed E-state index contributed by atoms with van der Waals surface area (Å²) in [5, 5.41) is 0. The fourth-order valence-corrected chi connectivity index (χ4v) is 1.40. The molecule has 1 saturated heterocycles. The maximum Gasteiger partial charge on any atom is 0.320 e. The normalized spacial score (nSPS) is 18.7. The van der Waals surface area contributed by atoms with Crippen molar-refractivity contribution in [2.24, 2.45) is 0 Å². The number of esters is 1. The Morgan fingerprint density at radius 2 is 1.86 bits per heavy atom. The first-order chi connectivity index (χ1) is 6.22. The summed E-state index contributed by atoms with van der Waals surface area (Å²) in [7, 11) is 2.10. The highest BCUT2D eigenvalue weighted by molar-refractivity contribution is 5.85. The molecule has 0 N–H and O–H groups in total. The minimum atomic E-state index is -0.105. The summed E-state index contributed by atoms with van der Waals surface area (Å²) < 4.78 is 4.88. The van der Waals surface area contributed by atoms with E-state index < -0.39 is 0 Å². The van der Waals surface area contributed by atoms with Gasteiger partial charge in [-0.3, -0.25) is 9.69 Å². The second-order valence-electron chi connectivity index (χ2n) is 3.38. The summed E-state index contributed by atoms with van der Waals surface area (Å²) in [6, 6.07) is 0. The Morgan fingerprint density at radius 3 is 2.36 bits per heavy atom. The predicted octanol–water partition coefficient (Wildman–Crippen LogP) is 0.219. The smallest absolute Gasteiger partial charge is 0.320 e. The van der Waals surface area contributed by atoms with Crippen molar-refractivity contribution in [1.29, 1.82) is 0 Å². The van der Waals surface area contributed by atoms with Crippen LogP contribution in [0.4, 0.5) is 0 Å². The summed E-state index contributed by atoms with van der Waals surface area (Å²) in [4.78, 5) is 15.5. The summed E-state index contributed by atoms with van der Waals surface area (Å²) in [5.74, 6) is -0.105. The predicted molar refractivity (Wildman–Crippen MR) is 57.8 cm³/mol. The second-order valence-corrected chi connectivity index (χ2v) is 3.38. The Bertz CT molecular complexity index is 170. The van der Waals surface area contributed by atoms with Gasteiger partial charge in [0.25, 0.3) is 0 Å². The lowest BCUT2D eigenvalue weighted by atomic mass is 10.3. The van der Waals surface area contributed by atoms with Crippen LogP contribution in [0.15, 0.2) is 0 Å². The van der Waals surface area contributed by atoms with Crippen LogP contribution >= 0.6 is 12.4 Å². The van der Waals surface area contributed by atoms with Crippen molar-refractivity contribution in [3.8, 4) is 0 Å². The average Bonchev–Trinajstić information content (AvgIpc) is 2.09. The number of rotatable bonds is 3. The molecule has 84 valence electrons. The third kappa shape index (κ3) is 4.79. The van der Waals surface area contributed by atoms with Crippen molar-refractivity contribution in [3.05, 3.63) is 0 Å². The zero-order valence-electron chi connectivity index (χ0n) is 8.86. The van der Waals surface area contributed by atoms with Gasteiger partial charge < -0.3 is 9.64 Å². The molecule has 0 atom stereocenters. The van der Waals surface area contributed by atoms with Crippen LogP contribution in [0.2, 0.25) is 0 Å². The van der Waals surface area contributed by atoms with Crippen LogP contribution in [-0.2, 0) is 9.53 Å². The molecule has 0 unspecified atom stereocenters. The van der Waals surface area contributed by atoms with Gasteiger partial charge in [-0.1, -0.05) is 0 Å². The Balaban J connectivity index is 0.00000169. The van der Waals surface area contributed by atoms with Gasteiger partial charge in [0.2, 0.25) is 0 Å². The third-order valence-corrected chi connectivity index (χ3v) is 2.25. The van der Waals surface area contributed by atoms with Crippen LogP contribution in [0.5, 0.6) is 0 Å². The molecule has 0 radical (unpaired) electrons. The molecule has 14 heavy (non-hydrogen) atoms. The highest BCUT2D eigenvalue weighted by Crippen LogP contribution is 1.98. The molecule has 0 aromatic rings. The molecule has 0 aromatic carbocycles. The molecule has 1 fully saturated rings. The number of carbonyl (C=O) groups is 1. The summed E-state index contributed by atoms with van der Waals surface area (Å²) in [6.07, 6.45) is 0. The molecule has 0 aliphatic carbocycles. The molecule has 1 aliphatic rings. The minimum absolute atomic E-state index is 0. The number of carbonyl (C=O) groups excluding carboxylic acids is 1. The fraction of sp³-hybridized carbons (Fsp3) is 0.889. The van der Waals surface area contributed by atoms with Crippen LogP contribution in [0.1, 0.15) is 6.92 Å². The van der Waals surface area contributed by atoms with E-state index in [4.69, 9.17) is 4.74 Å². The van der Waals surface area contributed by atoms with Crippen molar-refractivity contribution in [2.45, 2.75) is 6.92 Å². The lowest BCUT2D eigenvalue weighted by molar-refractivity contribution is -0.144. The Kier molecular flexibility index (Phi) is 6.87. The van der Waals surface area contributed by atoms with Gasteiger partial charge in [-0.2, -0.15) is 0 Å². The van der Waals surface area contributed by atoms with Crippen molar-refractivity contribution in [2.75, 3.05) is 46.4 Å². The maximum absolute atomic E-state index is 11.1. The van der Waals surface area contributed by atoms with Crippen LogP contribution < -0.4 is 0 Å². The number of piperazine rings is 1. The van der Waals surface area contributed by atoms with Gasteiger partial charge >= 0.3 is 5.97 Å². The monoisotopic (exact) mass is 222 g/mol. The quantitative estimate of drug-likeness (QED) is 0.640. The van der Waals surface area contributed by atoms with E-state index >= 15 is 0 Å². The highest BCUT2D eigenvalue weighted by Gasteiger charge is 2.16. The first-order valence-electron chi connectivity index (χ1n) is 4.79. The summed E-state index contributed by atoms with van der Waals surface area (Å²) in [6.45, 7) is 6.78. The molecular weight excluding hydrogens is 204 g/mol. The topological polar surface area (TPSA) is 32.8 Å². The van der Waals surface area contributed by atoms with Crippen LogP contribution in [0, 0.1) is 0 Å². The average molecular weight is 223 g/mol. The number of halogens is 1. The van der Waals surface area contributed by atoms with E-state index in [9.17, 15) is 4.79 Å². The van der Waals surface area contributed by atoms with Crippen molar-refractivity contribution in [3.63, 3.8) is 0 Å². The van der Waals surface area contributed by atoms with E-state index in [1.165, 1.54) is 0 Å². The number of ether oxygens (including phenoxy) is 1. The second kappa shape index (κ2) is 7.04. The van der Waals surface area contributed by atoms with Crippen molar-refractivity contribution >= 4 is 18.4 Å². The minimum Gasteiger partial charge on any atom is -0.465 e. The lowest BCUT2D eigenvalue weighted by Crippen LogP contribution is -2.46. The molecule has 0 spiro atoms. The molecule has 5 heteroatoms. The van der Waals surface area contributed by atoms with Gasteiger partial charge in [0.05, 0.1) is 13.2 Å². The molecule has 1 aliphatic heterocycles. The molecule has 1 heterocycles. The molecule has 1 rings (SSSR count). The lowest BCUT2D eigenvalue weighted by Gasteiger charge is -2.31. The van der Waals surface area contributed by atoms with Gasteiger partial charge in [0.1, 0.15) is 0 Å². The largest absolute Gasteiger partial charge is 0.465 e. The molecule has 0 bridgehead atoms. The van der Waals surface area contributed by atoms with Crippen molar-refractivity contribution < 1.29 is 9.53 Å². The zero-order chi connectivity index (χ0) is 9.68. The number of likely N-dealkylation sites (N-methyl/N-ethyl adjacent to an activating group) is 1. The highest BCUT2D eigenvalue weighted by atomic mass is 35.5. The van der Waals surface area contributed by atoms with E-state index in [2.05, 4.69) is 16.8 Å². The van der Waals surface area contributed by atoms with Gasteiger partial charge in [-0.25, -0.2) is 0 Å². The van der Waals surface area contributed by atoms with Gasteiger partial charge in [-0.05, 0) is 14.0 Å². The van der Waals surface area contributed by atoms with E-state index in [-0.39, 0.29) is 18.4 Å². The van der Waals surface area contributed by atoms with Gasteiger partial charge in [-0.15, -0.1) is 12.4 Å². The van der Waals surface area contributed by atoms with Crippen LogP contribution in [-0.4, -0.2) is 62.1 Å². The third-order valence-electron chi connectivity index (χ3n) is 2.25. The van der Waals surface area contributed by atoms with Crippen LogP contribution in [0.3, 0.4) is 0 Å². The standard InChI is InChI=1S/C9H18N2O2.ClH/c1-3-13-9(12)8-11-6-4-10(2)5-7-11;/h3-8H2,1-2H3;1H. The van der Waals surface area contributed by atoms with E-state index in [0.29, 0.717) is 13.2 Å². The van der Waals surface area contributed by atoms with E-state index in [1.54, 1.807) is 0 Å². The number of nitrogens with zero attached hydrogens (tertiary/aromatic N) is 2. The molecule has 0 amide bonds. The van der Waals surface area contributed by atoms with Crippen LogP contribution in [0.25, 0.3) is 0 Å². The first-order valence-corrected chi connectivity index (χ1v) is 4.79. The van der Waals surface area contributed by atoms with Crippen molar-refractivity contribution in [1.82, 2.24) is 9.80 Å². The Morgan fingerprint density at radius 1 is 1.29 bits per heavy atom. The zero-order valence-corrected chi connectivity index (χ0v) is 9.68. The summed E-state index contributed by atoms with van der Waals surface area (Å²) >= 11 is 0. The summed E-state index contributed by atoms with van der Waals surface area (Å²) in [5.41, 5.74) is 0. The number of hydrogen-bond acceptors (Lipinski definition) is 4. The van der Waals surface area contributed by atoms with E-state index in [1.807, 2.05) is 6.92 Å².